The van der Waals surface area contributed by atoms with Gasteiger partial charge in [0.05, 0.1) is 6.54 Å². The number of carbonyl (C=O) groups excluding carboxylic acids is 1. The molecule has 1 amide bonds. The van der Waals surface area contributed by atoms with E-state index in [0.717, 1.165) is 18.8 Å². The number of amides is 1. The van der Waals surface area contributed by atoms with Crippen LogP contribution in [0, 0.1) is 0 Å². The first-order chi connectivity index (χ1) is 9.06. The van der Waals surface area contributed by atoms with E-state index in [4.69, 9.17) is 0 Å². The molecule has 1 aliphatic heterocycles. The Morgan fingerprint density at radius 1 is 1.26 bits per heavy atom. The van der Waals surface area contributed by atoms with Crippen LogP contribution in [0.1, 0.15) is 13.8 Å². The predicted molar refractivity (Wildman–Crippen MR) is 78.4 cm³/mol. The fourth-order valence-corrected chi connectivity index (χ4v) is 2.66. The van der Waals surface area contributed by atoms with Gasteiger partial charge >= 0.3 is 0 Å². The first kappa shape index (κ1) is 14.0. The number of nitrogens with one attached hydrogen (secondary N) is 1. The summed E-state index contributed by atoms with van der Waals surface area (Å²) in [7, 11) is 1.84. The highest BCUT2D eigenvalue weighted by Crippen LogP contribution is 2.12. The van der Waals surface area contributed by atoms with Crippen LogP contribution in [0.2, 0.25) is 0 Å². The highest BCUT2D eigenvalue weighted by atomic mass is 16.2. The summed E-state index contributed by atoms with van der Waals surface area (Å²) in [5, 5.41) is 3.48. The number of nitrogens with zero attached hydrogens (tertiary/aromatic N) is 2. The third-order valence-corrected chi connectivity index (χ3v) is 3.51. The second-order valence-electron chi connectivity index (χ2n) is 5.45. The molecule has 0 spiro atoms. The minimum atomic E-state index is 0.146. The fraction of sp³-hybridized carbons (Fsp3) is 0.533. The van der Waals surface area contributed by atoms with Gasteiger partial charge in [-0.2, -0.15) is 0 Å². The number of piperazine rings is 1. The lowest BCUT2D eigenvalue weighted by molar-refractivity contribution is -0.119. The summed E-state index contributed by atoms with van der Waals surface area (Å²) in [5.74, 6) is 0.146. The molecule has 1 saturated heterocycles. The quantitative estimate of drug-likeness (QED) is 0.891. The summed E-state index contributed by atoms with van der Waals surface area (Å²) in [4.78, 5) is 16.3. The van der Waals surface area contributed by atoms with Crippen molar-refractivity contribution >= 4 is 11.6 Å². The average molecular weight is 261 g/mol. The molecular weight excluding hydrogens is 238 g/mol. The number of hydrogen-bond donors (Lipinski definition) is 1. The van der Waals surface area contributed by atoms with E-state index in [-0.39, 0.29) is 5.91 Å². The van der Waals surface area contributed by atoms with Crippen LogP contribution in [0.5, 0.6) is 0 Å². The molecule has 0 bridgehead atoms. The van der Waals surface area contributed by atoms with Crippen LogP contribution in [0.3, 0.4) is 0 Å². The summed E-state index contributed by atoms with van der Waals surface area (Å²) < 4.78 is 0. The molecule has 1 heterocycles. The first-order valence-corrected chi connectivity index (χ1v) is 6.86. The zero-order valence-electron chi connectivity index (χ0n) is 12.0. The molecule has 0 aromatic heterocycles. The van der Waals surface area contributed by atoms with E-state index >= 15 is 0 Å². The summed E-state index contributed by atoms with van der Waals surface area (Å²) in [6.07, 6.45) is 0. The van der Waals surface area contributed by atoms with Crippen molar-refractivity contribution in [2.24, 2.45) is 0 Å². The van der Waals surface area contributed by atoms with Gasteiger partial charge in [-0.15, -0.1) is 0 Å². The monoisotopic (exact) mass is 261 g/mol. The van der Waals surface area contributed by atoms with E-state index in [1.165, 1.54) is 0 Å². The molecule has 0 radical (unpaired) electrons. The van der Waals surface area contributed by atoms with E-state index in [9.17, 15) is 4.79 Å². The smallest absolute Gasteiger partial charge is 0.240 e. The van der Waals surface area contributed by atoms with Crippen molar-refractivity contribution in [2.45, 2.75) is 25.9 Å². The van der Waals surface area contributed by atoms with E-state index in [1.807, 2.05) is 37.4 Å². The van der Waals surface area contributed by atoms with Crippen LogP contribution < -0.4 is 10.2 Å². The van der Waals surface area contributed by atoms with Gasteiger partial charge in [0.1, 0.15) is 0 Å². The van der Waals surface area contributed by atoms with Crippen LogP contribution in [-0.2, 0) is 4.79 Å². The number of benzene rings is 1. The Labute approximate surface area is 115 Å². The molecule has 0 aliphatic carbocycles. The van der Waals surface area contributed by atoms with E-state index in [0.29, 0.717) is 18.6 Å². The van der Waals surface area contributed by atoms with Crippen molar-refractivity contribution in [3.63, 3.8) is 0 Å². The molecule has 4 heteroatoms. The lowest BCUT2D eigenvalue weighted by Gasteiger charge is -2.36. The summed E-state index contributed by atoms with van der Waals surface area (Å²) in [5.41, 5.74) is 0.948. The van der Waals surface area contributed by atoms with Crippen molar-refractivity contribution in [3.8, 4) is 0 Å². The average Bonchev–Trinajstić information content (AvgIpc) is 2.37. The normalized spacial score (nSPS) is 24.2. The maximum Gasteiger partial charge on any atom is 0.240 e. The molecule has 0 saturated carbocycles. The Balaban J connectivity index is 1.93. The molecular formula is C15H23N3O. The number of hydrogen-bond acceptors (Lipinski definition) is 3. The topological polar surface area (TPSA) is 35.6 Å². The van der Waals surface area contributed by atoms with E-state index in [1.54, 1.807) is 4.90 Å². The number of likely N-dealkylation sites (N-methyl/N-ethyl adjacent to an activating group) is 1. The summed E-state index contributed by atoms with van der Waals surface area (Å²) in [6, 6.07) is 10.7. The molecule has 1 N–H and O–H groups in total. The Hall–Kier alpha value is -1.39. The van der Waals surface area contributed by atoms with Crippen molar-refractivity contribution in [1.82, 2.24) is 10.2 Å². The van der Waals surface area contributed by atoms with Gasteiger partial charge in [0.2, 0.25) is 5.91 Å². The van der Waals surface area contributed by atoms with Gasteiger partial charge < -0.3 is 10.2 Å². The molecule has 2 unspecified atom stereocenters. The van der Waals surface area contributed by atoms with E-state index in [2.05, 4.69) is 24.1 Å². The lowest BCUT2D eigenvalue weighted by Crippen LogP contribution is -2.56. The van der Waals surface area contributed by atoms with Gasteiger partial charge in [0.25, 0.3) is 0 Å². The largest absolute Gasteiger partial charge is 0.314 e. The number of para-hydroxylation sites is 1. The van der Waals surface area contributed by atoms with Crippen molar-refractivity contribution in [2.75, 3.05) is 31.6 Å². The number of anilines is 1. The molecule has 1 fully saturated rings. The molecule has 4 nitrogen and oxygen atoms in total. The van der Waals surface area contributed by atoms with Gasteiger partial charge in [-0.25, -0.2) is 0 Å². The molecule has 1 aromatic carbocycles. The molecule has 19 heavy (non-hydrogen) atoms. The van der Waals surface area contributed by atoms with Gasteiger partial charge in [-0.05, 0) is 26.0 Å². The van der Waals surface area contributed by atoms with Crippen LogP contribution in [0.25, 0.3) is 0 Å². The third-order valence-electron chi connectivity index (χ3n) is 3.51. The number of carbonyl (C=O) groups is 1. The Morgan fingerprint density at radius 2 is 1.84 bits per heavy atom. The third kappa shape index (κ3) is 3.78. The summed E-state index contributed by atoms with van der Waals surface area (Å²) in [6.45, 7) is 6.67. The fourth-order valence-electron chi connectivity index (χ4n) is 2.66. The van der Waals surface area contributed by atoms with Crippen molar-refractivity contribution < 1.29 is 4.79 Å². The van der Waals surface area contributed by atoms with Crippen molar-refractivity contribution in [3.05, 3.63) is 30.3 Å². The number of rotatable bonds is 3. The van der Waals surface area contributed by atoms with Gasteiger partial charge in [0, 0.05) is 37.9 Å². The van der Waals surface area contributed by atoms with Crippen LogP contribution in [0.4, 0.5) is 5.69 Å². The minimum Gasteiger partial charge on any atom is -0.314 e. The van der Waals surface area contributed by atoms with Crippen molar-refractivity contribution in [1.29, 1.82) is 0 Å². The maximum absolute atomic E-state index is 12.3. The summed E-state index contributed by atoms with van der Waals surface area (Å²) >= 11 is 0. The van der Waals surface area contributed by atoms with E-state index < -0.39 is 0 Å². The first-order valence-electron chi connectivity index (χ1n) is 6.86. The highest BCUT2D eigenvalue weighted by molar-refractivity contribution is 5.94. The van der Waals surface area contributed by atoms with Gasteiger partial charge in [0.15, 0.2) is 0 Å². The molecule has 2 atom stereocenters. The van der Waals surface area contributed by atoms with Crippen LogP contribution >= 0.6 is 0 Å². The maximum atomic E-state index is 12.3. The zero-order chi connectivity index (χ0) is 13.8. The Bertz CT molecular complexity index is 411. The zero-order valence-corrected chi connectivity index (χ0v) is 12.0. The Morgan fingerprint density at radius 3 is 2.42 bits per heavy atom. The molecule has 1 aliphatic rings. The van der Waals surface area contributed by atoms with Crippen LogP contribution in [-0.4, -0.2) is 49.6 Å². The van der Waals surface area contributed by atoms with Gasteiger partial charge in [-0.3, -0.25) is 9.69 Å². The second-order valence-corrected chi connectivity index (χ2v) is 5.45. The molecule has 104 valence electrons. The van der Waals surface area contributed by atoms with Gasteiger partial charge in [-0.1, -0.05) is 18.2 Å². The van der Waals surface area contributed by atoms with Crippen LogP contribution in [0.15, 0.2) is 30.3 Å². The molecule has 1 aromatic rings. The highest BCUT2D eigenvalue weighted by Gasteiger charge is 2.23. The lowest BCUT2D eigenvalue weighted by atomic mass is 10.1. The predicted octanol–water partition coefficient (Wildman–Crippen LogP) is 1.33. The molecule has 2 rings (SSSR count). The minimum absolute atomic E-state index is 0.146. The SMILES string of the molecule is CC1CN(CC(=O)N(C)c2ccccc2)CC(C)N1. The standard InChI is InChI=1S/C15H23N3O/c1-12-9-18(10-13(2)16-12)11-15(19)17(3)14-7-5-4-6-8-14/h4-8,12-13,16H,9-11H2,1-3H3. The Kier molecular flexibility index (Phi) is 4.56. The second kappa shape index (κ2) is 6.17.